The third-order valence-corrected chi connectivity index (χ3v) is 2.80. The topological polar surface area (TPSA) is 54.5 Å². The maximum atomic E-state index is 9.03. The normalized spacial score (nSPS) is 10.1. The molecule has 19 heavy (non-hydrogen) atoms. The molecule has 0 amide bonds. The molecule has 3 rings (SSSR count). The van der Waals surface area contributed by atoms with Gasteiger partial charge in [-0.2, -0.15) is 10.4 Å². The van der Waals surface area contributed by atoms with E-state index >= 15 is 0 Å². The molecule has 0 atom stereocenters. The molecule has 0 N–H and O–H groups in total. The number of nitrogens with zero attached hydrogens (tertiary/aromatic N) is 4. The van der Waals surface area contributed by atoms with Crippen LogP contribution in [0.4, 0.5) is 0 Å². The molecule has 4 heteroatoms. The van der Waals surface area contributed by atoms with Crippen molar-refractivity contribution in [2.45, 2.75) is 0 Å². The number of benzene rings is 1. The van der Waals surface area contributed by atoms with Gasteiger partial charge in [-0.25, -0.2) is 4.68 Å². The molecule has 0 saturated heterocycles. The fourth-order valence-corrected chi connectivity index (χ4v) is 1.93. The molecule has 0 unspecified atom stereocenters. The zero-order chi connectivity index (χ0) is 13.1. The highest BCUT2D eigenvalue weighted by molar-refractivity contribution is 5.63. The molecule has 0 aliphatic heterocycles. The lowest BCUT2D eigenvalue weighted by atomic mass is 10.2. The molecule has 0 saturated carbocycles. The number of pyridine rings is 1. The lowest BCUT2D eigenvalue weighted by Gasteiger charge is -2.06. The second kappa shape index (κ2) is 4.75. The van der Waals surface area contributed by atoms with Crippen molar-refractivity contribution in [3.63, 3.8) is 0 Å². The first-order valence-corrected chi connectivity index (χ1v) is 5.84. The summed E-state index contributed by atoms with van der Waals surface area (Å²) < 4.78 is 1.77. The summed E-state index contributed by atoms with van der Waals surface area (Å²) in [6, 6.07) is 17.4. The minimum absolute atomic E-state index is 0.399. The molecule has 0 fully saturated rings. The Labute approximate surface area is 110 Å². The lowest BCUT2D eigenvalue weighted by Crippen LogP contribution is -1.98. The van der Waals surface area contributed by atoms with Crippen LogP contribution in [0.1, 0.15) is 5.69 Å². The van der Waals surface area contributed by atoms with Gasteiger partial charge in [0.25, 0.3) is 0 Å². The van der Waals surface area contributed by atoms with Crippen LogP contribution in [-0.2, 0) is 0 Å². The van der Waals surface area contributed by atoms with E-state index in [0.29, 0.717) is 5.69 Å². The van der Waals surface area contributed by atoms with Crippen molar-refractivity contribution in [2.24, 2.45) is 0 Å². The molecule has 2 heterocycles. The summed E-state index contributed by atoms with van der Waals surface area (Å²) in [6.45, 7) is 0. The average Bonchev–Trinajstić information content (AvgIpc) is 2.93. The minimum Gasteiger partial charge on any atom is -0.265 e. The molecule has 1 aromatic carbocycles. The first kappa shape index (κ1) is 11.2. The van der Waals surface area contributed by atoms with Crippen molar-refractivity contribution >= 4 is 0 Å². The van der Waals surface area contributed by atoms with Crippen LogP contribution in [0.15, 0.2) is 60.9 Å². The monoisotopic (exact) mass is 246 g/mol. The molecule has 3 aromatic rings. The summed E-state index contributed by atoms with van der Waals surface area (Å²) in [5.74, 6) is 0. The minimum atomic E-state index is 0.399. The molecule has 0 spiro atoms. The quantitative estimate of drug-likeness (QED) is 0.698. The summed E-state index contributed by atoms with van der Waals surface area (Å²) in [5.41, 5.74) is 3.18. The maximum Gasteiger partial charge on any atom is 0.163 e. The smallest absolute Gasteiger partial charge is 0.163 e. The molecule has 0 bridgehead atoms. The number of nitriles is 1. The van der Waals surface area contributed by atoms with Crippen LogP contribution in [0.2, 0.25) is 0 Å². The molecule has 4 nitrogen and oxygen atoms in total. The van der Waals surface area contributed by atoms with Crippen molar-refractivity contribution in [3.8, 4) is 23.0 Å². The van der Waals surface area contributed by atoms with Gasteiger partial charge in [0, 0.05) is 24.0 Å². The second-order valence-electron chi connectivity index (χ2n) is 4.01. The van der Waals surface area contributed by atoms with Crippen molar-refractivity contribution in [1.29, 1.82) is 5.26 Å². The Balaban J connectivity index is 2.20. The van der Waals surface area contributed by atoms with Crippen LogP contribution >= 0.6 is 0 Å². The standard InChI is InChI=1S/C15H10N4/c16-11-13-10-15(12-6-8-17-9-7-12)19(18-13)14-4-2-1-3-5-14/h1-10H. The van der Waals surface area contributed by atoms with Gasteiger partial charge in [-0.15, -0.1) is 0 Å². The van der Waals surface area contributed by atoms with Gasteiger partial charge >= 0.3 is 0 Å². The number of hydrogen-bond donors (Lipinski definition) is 0. The Hall–Kier alpha value is -2.93. The number of rotatable bonds is 2. The van der Waals surface area contributed by atoms with Crippen LogP contribution < -0.4 is 0 Å². The van der Waals surface area contributed by atoms with Gasteiger partial charge in [0.15, 0.2) is 5.69 Å². The van der Waals surface area contributed by atoms with Gasteiger partial charge in [-0.1, -0.05) is 18.2 Å². The number of aromatic nitrogens is 3. The summed E-state index contributed by atoms with van der Waals surface area (Å²) >= 11 is 0. The Kier molecular flexibility index (Phi) is 2.79. The number of para-hydroxylation sites is 1. The van der Waals surface area contributed by atoms with E-state index in [0.717, 1.165) is 16.9 Å². The average molecular weight is 246 g/mol. The van der Waals surface area contributed by atoms with E-state index in [1.165, 1.54) is 0 Å². The van der Waals surface area contributed by atoms with Crippen LogP contribution in [0, 0.1) is 11.3 Å². The predicted molar refractivity (Wildman–Crippen MR) is 71.5 cm³/mol. The Morgan fingerprint density at radius 2 is 1.74 bits per heavy atom. The van der Waals surface area contributed by atoms with E-state index in [1.54, 1.807) is 23.1 Å². The zero-order valence-electron chi connectivity index (χ0n) is 10.1. The van der Waals surface area contributed by atoms with Crippen molar-refractivity contribution < 1.29 is 0 Å². The first-order valence-electron chi connectivity index (χ1n) is 5.84. The second-order valence-corrected chi connectivity index (χ2v) is 4.01. The van der Waals surface area contributed by atoms with E-state index in [1.807, 2.05) is 42.5 Å². The molecule has 0 radical (unpaired) electrons. The van der Waals surface area contributed by atoms with Gasteiger partial charge in [-0.3, -0.25) is 4.98 Å². The summed E-state index contributed by atoms with van der Waals surface area (Å²) in [4.78, 5) is 4.01. The third kappa shape index (κ3) is 2.09. The first-order chi connectivity index (χ1) is 9.38. The van der Waals surface area contributed by atoms with Gasteiger partial charge < -0.3 is 0 Å². The van der Waals surface area contributed by atoms with E-state index in [-0.39, 0.29) is 0 Å². The van der Waals surface area contributed by atoms with E-state index in [2.05, 4.69) is 16.2 Å². The van der Waals surface area contributed by atoms with Crippen molar-refractivity contribution in [1.82, 2.24) is 14.8 Å². The van der Waals surface area contributed by atoms with E-state index in [9.17, 15) is 0 Å². The Bertz CT molecular complexity index is 667. The summed E-state index contributed by atoms with van der Waals surface area (Å²) in [6.07, 6.45) is 3.45. The fraction of sp³-hybridized carbons (Fsp3) is 0. The van der Waals surface area contributed by atoms with Crippen LogP contribution in [0.5, 0.6) is 0 Å². The van der Waals surface area contributed by atoms with Gasteiger partial charge in [0.1, 0.15) is 6.07 Å². The Morgan fingerprint density at radius 1 is 1.00 bits per heavy atom. The van der Waals surface area contributed by atoms with Crippen LogP contribution in [-0.4, -0.2) is 14.8 Å². The maximum absolute atomic E-state index is 9.03. The van der Waals surface area contributed by atoms with E-state index < -0.39 is 0 Å². The van der Waals surface area contributed by atoms with E-state index in [4.69, 9.17) is 5.26 Å². The third-order valence-electron chi connectivity index (χ3n) is 2.80. The fourth-order valence-electron chi connectivity index (χ4n) is 1.93. The predicted octanol–water partition coefficient (Wildman–Crippen LogP) is 2.81. The summed E-state index contributed by atoms with van der Waals surface area (Å²) in [5, 5.41) is 13.3. The highest BCUT2D eigenvalue weighted by Crippen LogP contribution is 2.23. The van der Waals surface area contributed by atoms with Crippen molar-refractivity contribution in [2.75, 3.05) is 0 Å². The molecular formula is C15H10N4. The van der Waals surface area contributed by atoms with Crippen LogP contribution in [0.3, 0.4) is 0 Å². The molecular weight excluding hydrogens is 236 g/mol. The van der Waals surface area contributed by atoms with Gasteiger partial charge in [0.05, 0.1) is 11.4 Å². The van der Waals surface area contributed by atoms with Gasteiger partial charge in [-0.05, 0) is 24.3 Å². The highest BCUT2D eigenvalue weighted by Gasteiger charge is 2.10. The Morgan fingerprint density at radius 3 is 2.42 bits per heavy atom. The highest BCUT2D eigenvalue weighted by atomic mass is 15.3. The number of hydrogen-bond acceptors (Lipinski definition) is 3. The molecule has 90 valence electrons. The SMILES string of the molecule is N#Cc1cc(-c2ccncc2)n(-c2ccccc2)n1. The van der Waals surface area contributed by atoms with Crippen molar-refractivity contribution in [3.05, 3.63) is 66.6 Å². The largest absolute Gasteiger partial charge is 0.265 e. The van der Waals surface area contributed by atoms with Crippen LogP contribution in [0.25, 0.3) is 16.9 Å². The van der Waals surface area contributed by atoms with Gasteiger partial charge in [0.2, 0.25) is 0 Å². The molecule has 0 aliphatic carbocycles. The summed E-state index contributed by atoms with van der Waals surface area (Å²) in [7, 11) is 0. The molecule has 0 aliphatic rings. The molecule has 2 aromatic heterocycles. The zero-order valence-corrected chi connectivity index (χ0v) is 10.1. The lowest BCUT2D eigenvalue weighted by molar-refractivity contribution is 0.880.